The van der Waals surface area contributed by atoms with Gasteiger partial charge in [-0.2, -0.15) is 25.3 Å². The Labute approximate surface area is 168 Å². The van der Waals surface area contributed by atoms with E-state index >= 15 is 0 Å². The summed E-state index contributed by atoms with van der Waals surface area (Å²) in [5, 5.41) is 25.1. The summed E-state index contributed by atoms with van der Waals surface area (Å²) in [5.74, 6) is -3.49. The number of nitrogens with one attached hydrogen (secondary N) is 3. The van der Waals surface area contributed by atoms with Gasteiger partial charge >= 0.3 is 5.97 Å². The van der Waals surface area contributed by atoms with E-state index in [9.17, 15) is 19.2 Å². The summed E-state index contributed by atoms with van der Waals surface area (Å²) < 4.78 is 0. The second-order valence-electron chi connectivity index (χ2n) is 6.31. The molecule has 4 atom stereocenters. The molecular formula is C15H28N4O6S2. The van der Waals surface area contributed by atoms with Gasteiger partial charge in [0.05, 0.1) is 6.61 Å². The standard InChI is InChI=1S/C15H28N4O6S2/c1-7(2)3-9(13(22)19-11(6-27)15(24)25)17-14(23)10(5-26)18-12(21)8(16)4-20/h7-11,20,26-27H,3-6,16H2,1-2H3,(H,17,23)(H,18,21)(H,19,22)(H,24,25). The van der Waals surface area contributed by atoms with Crippen LogP contribution in [0.3, 0.4) is 0 Å². The molecule has 3 amide bonds. The first-order valence-corrected chi connectivity index (χ1v) is 9.55. The minimum absolute atomic E-state index is 0.0205. The molecule has 0 aromatic rings. The average Bonchev–Trinajstić information content (AvgIpc) is 2.61. The Kier molecular flexibility index (Phi) is 12.1. The van der Waals surface area contributed by atoms with Gasteiger partial charge in [-0.05, 0) is 12.3 Å². The highest BCUT2D eigenvalue weighted by atomic mass is 32.1. The predicted octanol–water partition coefficient (Wildman–Crippen LogP) is -2.25. The van der Waals surface area contributed by atoms with E-state index in [1.54, 1.807) is 0 Å². The van der Waals surface area contributed by atoms with Crippen LogP contribution in [-0.2, 0) is 19.2 Å². The van der Waals surface area contributed by atoms with Crippen LogP contribution in [-0.4, -0.2) is 76.2 Å². The van der Waals surface area contributed by atoms with Crippen molar-refractivity contribution in [3.8, 4) is 0 Å². The zero-order valence-electron chi connectivity index (χ0n) is 15.2. The van der Waals surface area contributed by atoms with E-state index < -0.39 is 54.5 Å². The molecule has 0 bridgehead atoms. The number of nitrogens with two attached hydrogens (primary N) is 1. The molecule has 27 heavy (non-hydrogen) atoms. The fourth-order valence-corrected chi connectivity index (χ4v) is 2.49. The smallest absolute Gasteiger partial charge is 0.327 e. The number of carbonyl (C=O) groups is 4. The maximum Gasteiger partial charge on any atom is 0.327 e. The van der Waals surface area contributed by atoms with Gasteiger partial charge in [-0.3, -0.25) is 14.4 Å². The Morgan fingerprint density at radius 3 is 1.74 bits per heavy atom. The van der Waals surface area contributed by atoms with Gasteiger partial charge in [-0.1, -0.05) is 13.8 Å². The molecule has 4 unspecified atom stereocenters. The highest BCUT2D eigenvalue weighted by Gasteiger charge is 2.29. The lowest BCUT2D eigenvalue weighted by Gasteiger charge is -2.25. The Morgan fingerprint density at radius 2 is 1.33 bits per heavy atom. The summed E-state index contributed by atoms with van der Waals surface area (Å²) in [6.07, 6.45) is 0.250. The first kappa shape index (κ1) is 25.5. The fraction of sp³-hybridized carbons (Fsp3) is 0.733. The summed E-state index contributed by atoms with van der Waals surface area (Å²) in [6.45, 7) is 3.07. The molecule has 0 fully saturated rings. The van der Waals surface area contributed by atoms with Gasteiger partial charge in [0.1, 0.15) is 24.2 Å². The van der Waals surface area contributed by atoms with E-state index in [4.69, 9.17) is 15.9 Å². The first-order chi connectivity index (χ1) is 12.6. The maximum absolute atomic E-state index is 12.4. The number of hydrogen-bond acceptors (Lipinski definition) is 8. The summed E-state index contributed by atoms with van der Waals surface area (Å²) in [4.78, 5) is 47.6. The van der Waals surface area contributed by atoms with E-state index in [1.807, 2.05) is 13.8 Å². The van der Waals surface area contributed by atoms with Crippen molar-refractivity contribution in [1.29, 1.82) is 0 Å². The first-order valence-electron chi connectivity index (χ1n) is 8.29. The molecule has 0 saturated heterocycles. The van der Waals surface area contributed by atoms with Gasteiger partial charge in [0.15, 0.2) is 0 Å². The summed E-state index contributed by atoms with van der Waals surface area (Å²) in [5.41, 5.74) is 5.39. The van der Waals surface area contributed by atoms with E-state index in [0.29, 0.717) is 0 Å². The number of rotatable bonds is 12. The highest BCUT2D eigenvalue weighted by molar-refractivity contribution is 7.80. The molecule has 0 aliphatic carbocycles. The van der Waals surface area contributed by atoms with Crippen molar-refractivity contribution in [1.82, 2.24) is 16.0 Å². The van der Waals surface area contributed by atoms with Crippen LogP contribution in [0.2, 0.25) is 0 Å². The Hall–Kier alpha value is -1.50. The number of carbonyl (C=O) groups excluding carboxylic acids is 3. The number of carboxylic acids is 1. The van der Waals surface area contributed by atoms with E-state index in [-0.39, 0.29) is 23.8 Å². The molecule has 7 N–H and O–H groups in total. The number of aliphatic hydroxyl groups excluding tert-OH is 1. The van der Waals surface area contributed by atoms with Gasteiger partial charge < -0.3 is 31.9 Å². The van der Waals surface area contributed by atoms with Crippen LogP contribution in [0.1, 0.15) is 20.3 Å². The van der Waals surface area contributed by atoms with Crippen LogP contribution in [0.15, 0.2) is 0 Å². The lowest BCUT2D eigenvalue weighted by atomic mass is 10.0. The molecule has 0 radical (unpaired) electrons. The number of aliphatic hydroxyl groups is 1. The largest absolute Gasteiger partial charge is 0.480 e. The zero-order valence-corrected chi connectivity index (χ0v) is 17.0. The number of aliphatic carboxylic acids is 1. The van der Waals surface area contributed by atoms with Crippen LogP contribution in [0.4, 0.5) is 0 Å². The predicted molar refractivity (Wildman–Crippen MR) is 106 cm³/mol. The van der Waals surface area contributed by atoms with Crippen LogP contribution < -0.4 is 21.7 Å². The van der Waals surface area contributed by atoms with E-state index in [2.05, 4.69) is 41.2 Å². The number of carboxylic acid groups (broad SMARTS) is 1. The third-order valence-electron chi connectivity index (χ3n) is 3.49. The van der Waals surface area contributed by atoms with Crippen molar-refractivity contribution >= 4 is 48.9 Å². The molecule has 0 spiro atoms. The van der Waals surface area contributed by atoms with Crippen molar-refractivity contribution in [2.45, 2.75) is 44.4 Å². The molecule has 156 valence electrons. The molecule has 0 aromatic heterocycles. The molecule has 0 aliphatic rings. The number of hydrogen-bond donors (Lipinski definition) is 8. The minimum Gasteiger partial charge on any atom is -0.480 e. The van der Waals surface area contributed by atoms with Crippen molar-refractivity contribution in [3.63, 3.8) is 0 Å². The SMILES string of the molecule is CC(C)CC(NC(=O)C(CS)NC(=O)C(N)CO)C(=O)NC(CS)C(=O)O. The van der Waals surface area contributed by atoms with Gasteiger partial charge in [-0.25, -0.2) is 4.79 Å². The van der Waals surface area contributed by atoms with Crippen LogP contribution in [0.5, 0.6) is 0 Å². The zero-order chi connectivity index (χ0) is 21.1. The number of thiol groups is 2. The van der Waals surface area contributed by atoms with Crippen molar-refractivity contribution in [3.05, 3.63) is 0 Å². The Bertz CT molecular complexity index is 534. The monoisotopic (exact) mass is 424 g/mol. The third-order valence-corrected chi connectivity index (χ3v) is 4.22. The molecule has 0 rings (SSSR count). The van der Waals surface area contributed by atoms with E-state index in [0.717, 1.165) is 0 Å². The maximum atomic E-state index is 12.4. The fourth-order valence-electron chi connectivity index (χ4n) is 1.99. The van der Waals surface area contributed by atoms with Crippen LogP contribution in [0.25, 0.3) is 0 Å². The molecule has 12 heteroatoms. The topological polar surface area (TPSA) is 171 Å². The van der Waals surface area contributed by atoms with Gasteiger partial charge in [-0.15, -0.1) is 0 Å². The third kappa shape index (κ3) is 9.31. The molecule has 10 nitrogen and oxygen atoms in total. The van der Waals surface area contributed by atoms with Gasteiger partial charge in [0.2, 0.25) is 17.7 Å². The van der Waals surface area contributed by atoms with Gasteiger partial charge in [0.25, 0.3) is 0 Å². The van der Waals surface area contributed by atoms with Crippen LogP contribution >= 0.6 is 25.3 Å². The van der Waals surface area contributed by atoms with Crippen molar-refractivity contribution in [2.75, 3.05) is 18.1 Å². The molecule has 0 aromatic carbocycles. The molecule has 0 saturated carbocycles. The van der Waals surface area contributed by atoms with Crippen molar-refractivity contribution in [2.24, 2.45) is 11.7 Å². The van der Waals surface area contributed by atoms with Crippen LogP contribution in [0, 0.1) is 5.92 Å². The Morgan fingerprint density at radius 1 is 0.889 bits per heavy atom. The van der Waals surface area contributed by atoms with Crippen molar-refractivity contribution < 1.29 is 29.4 Å². The highest BCUT2D eigenvalue weighted by Crippen LogP contribution is 2.07. The Balaban J connectivity index is 5.14. The lowest BCUT2D eigenvalue weighted by Crippen LogP contribution is -2.58. The summed E-state index contributed by atoms with van der Waals surface area (Å²) in [6, 6.07) is -4.48. The van der Waals surface area contributed by atoms with Gasteiger partial charge in [0, 0.05) is 11.5 Å². The molecule has 0 heterocycles. The molecule has 0 aliphatic heterocycles. The normalized spacial score (nSPS) is 15.4. The second kappa shape index (κ2) is 12.8. The lowest BCUT2D eigenvalue weighted by molar-refractivity contribution is -0.141. The quantitative estimate of drug-likeness (QED) is 0.164. The minimum atomic E-state index is -1.24. The number of amides is 3. The summed E-state index contributed by atoms with van der Waals surface area (Å²) in [7, 11) is 0. The summed E-state index contributed by atoms with van der Waals surface area (Å²) >= 11 is 7.88. The average molecular weight is 425 g/mol. The molecular weight excluding hydrogens is 396 g/mol. The second-order valence-corrected chi connectivity index (χ2v) is 7.04. The van der Waals surface area contributed by atoms with E-state index in [1.165, 1.54) is 0 Å².